The van der Waals surface area contributed by atoms with Gasteiger partial charge in [0.2, 0.25) is 0 Å². The quantitative estimate of drug-likeness (QED) is 0.583. The third-order valence-corrected chi connectivity index (χ3v) is 2.77. The number of alkyl halides is 1. The molecule has 0 N–H and O–H groups in total. The lowest BCUT2D eigenvalue weighted by Gasteiger charge is -2.13. The third-order valence-electron chi connectivity index (χ3n) is 2.21. The predicted molar refractivity (Wildman–Crippen MR) is 65.8 cm³/mol. The molecule has 0 aliphatic carbocycles. The molecule has 0 spiro atoms. The van der Waals surface area contributed by atoms with Crippen LogP contribution in [0.5, 0.6) is 5.75 Å². The van der Waals surface area contributed by atoms with Gasteiger partial charge in [-0.05, 0) is 31.0 Å². The van der Waals surface area contributed by atoms with E-state index in [2.05, 4.69) is 28.9 Å². The van der Waals surface area contributed by atoms with Gasteiger partial charge < -0.3 is 9.47 Å². The van der Waals surface area contributed by atoms with E-state index < -0.39 is 0 Å². The first-order valence-electron chi connectivity index (χ1n) is 5.09. The molecule has 1 aromatic carbocycles. The van der Waals surface area contributed by atoms with Crippen LogP contribution in [0.1, 0.15) is 25.0 Å². The Morgan fingerprint density at radius 1 is 1.40 bits per heavy atom. The fraction of sp³-hybridized carbons (Fsp3) is 0.500. The second-order valence-electron chi connectivity index (χ2n) is 3.33. The molecule has 0 amide bonds. The Labute approximate surface area is 99.7 Å². The molecule has 2 nitrogen and oxygen atoms in total. The first kappa shape index (κ1) is 12.5. The van der Waals surface area contributed by atoms with Crippen molar-refractivity contribution in [2.75, 3.05) is 19.0 Å². The molecule has 0 saturated heterocycles. The summed E-state index contributed by atoms with van der Waals surface area (Å²) < 4.78 is 10.8. The minimum absolute atomic E-state index is 0.124. The van der Waals surface area contributed by atoms with Gasteiger partial charge in [0.1, 0.15) is 5.75 Å². The number of hydrogen-bond donors (Lipinski definition) is 0. The van der Waals surface area contributed by atoms with Crippen molar-refractivity contribution in [3.05, 3.63) is 29.8 Å². The average molecular weight is 273 g/mol. The van der Waals surface area contributed by atoms with Crippen molar-refractivity contribution < 1.29 is 9.47 Å². The van der Waals surface area contributed by atoms with E-state index in [0.717, 1.165) is 29.7 Å². The van der Waals surface area contributed by atoms with Crippen molar-refractivity contribution in [1.82, 2.24) is 0 Å². The molecule has 0 heterocycles. The zero-order valence-electron chi connectivity index (χ0n) is 9.20. The van der Waals surface area contributed by atoms with E-state index in [1.807, 2.05) is 18.2 Å². The third kappa shape index (κ3) is 4.22. The van der Waals surface area contributed by atoms with E-state index in [-0.39, 0.29) is 6.10 Å². The molecule has 1 aromatic rings. The molecule has 15 heavy (non-hydrogen) atoms. The maximum absolute atomic E-state index is 5.68. The highest BCUT2D eigenvalue weighted by Gasteiger charge is 2.05. The Balaban J connectivity index is 2.52. The van der Waals surface area contributed by atoms with Crippen molar-refractivity contribution in [2.24, 2.45) is 0 Å². The Morgan fingerprint density at radius 2 is 2.20 bits per heavy atom. The smallest absolute Gasteiger partial charge is 0.119 e. The first-order chi connectivity index (χ1) is 7.27. The lowest BCUT2D eigenvalue weighted by atomic mass is 10.1. The van der Waals surface area contributed by atoms with Crippen molar-refractivity contribution in [1.29, 1.82) is 0 Å². The van der Waals surface area contributed by atoms with Crippen LogP contribution in [0.4, 0.5) is 0 Å². The van der Waals surface area contributed by atoms with Gasteiger partial charge >= 0.3 is 0 Å². The SMILES string of the molecule is COc1cccc(C(C)OCCCBr)c1. The van der Waals surface area contributed by atoms with E-state index >= 15 is 0 Å². The number of ether oxygens (including phenoxy) is 2. The maximum atomic E-state index is 5.68. The van der Waals surface area contributed by atoms with Crippen LogP contribution in [0.15, 0.2) is 24.3 Å². The predicted octanol–water partition coefficient (Wildman–Crippen LogP) is 3.56. The Bertz CT molecular complexity index is 289. The lowest BCUT2D eigenvalue weighted by molar-refractivity contribution is 0.0668. The maximum Gasteiger partial charge on any atom is 0.119 e. The van der Waals surface area contributed by atoms with Crippen LogP contribution >= 0.6 is 15.9 Å². The number of methoxy groups -OCH3 is 1. The van der Waals surface area contributed by atoms with E-state index in [1.165, 1.54) is 0 Å². The summed E-state index contributed by atoms with van der Waals surface area (Å²) in [5.41, 5.74) is 1.16. The fourth-order valence-corrected chi connectivity index (χ4v) is 1.53. The standard InChI is InChI=1S/C12H17BrO2/c1-10(15-8-4-7-13)11-5-3-6-12(9-11)14-2/h3,5-6,9-10H,4,7-8H2,1-2H3. The van der Waals surface area contributed by atoms with Crippen LogP contribution in [0.25, 0.3) is 0 Å². The van der Waals surface area contributed by atoms with E-state index in [0.29, 0.717) is 0 Å². The molecule has 1 unspecified atom stereocenters. The van der Waals surface area contributed by atoms with E-state index in [4.69, 9.17) is 9.47 Å². The van der Waals surface area contributed by atoms with Gasteiger partial charge in [-0.15, -0.1) is 0 Å². The molecule has 0 bridgehead atoms. The van der Waals surface area contributed by atoms with Crippen molar-refractivity contribution in [2.45, 2.75) is 19.4 Å². The van der Waals surface area contributed by atoms with Crippen LogP contribution in [0.2, 0.25) is 0 Å². The topological polar surface area (TPSA) is 18.5 Å². The molecule has 84 valence electrons. The summed E-state index contributed by atoms with van der Waals surface area (Å²) in [7, 11) is 1.68. The molecule has 3 heteroatoms. The van der Waals surface area contributed by atoms with E-state index in [9.17, 15) is 0 Å². The van der Waals surface area contributed by atoms with Gasteiger partial charge in [0, 0.05) is 11.9 Å². The summed E-state index contributed by atoms with van der Waals surface area (Å²) in [5, 5.41) is 0.984. The van der Waals surface area contributed by atoms with Gasteiger partial charge in [0.05, 0.1) is 13.2 Å². The normalized spacial score (nSPS) is 12.5. The summed E-state index contributed by atoms with van der Waals surface area (Å²) in [4.78, 5) is 0. The monoisotopic (exact) mass is 272 g/mol. The molecular formula is C12H17BrO2. The molecule has 0 aliphatic heterocycles. The summed E-state index contributed by atoms with van der Waals surface area (Å²) in [6.45, 7) is 2.84. The number of hydrogen-bond acceptors (Lipinski definition) is 2. The Kier molecular flexibility index (Phi) is 5.73. The van der Waals surface area contributed by atoms with Crippen LogP contribution in [0.3, 0.4) is 0 Å². The highest BCUT2D eigenvalue weighted by Crippen LogP contribution is 2.21. The molecule has 1 rings (SSSR count). The summed E-state index contributed by atoms with van der Waals surface area (Å²) >= 11 is 3.38. The molecule has 0 radical (unpaired) electrons. The van der Waals surface area contributed by atoms with Gasteiger partial charge in [-0.2, -0.15) is 0 Å². The Hall–Kier alpha value is -0.540. The highest BCUT2D eigenvalue weighted by atomic mass is 79.9. The summed E-state index contributed by atoms with van der Waals surface area (Å²) in [6.07, 6.45) is 1.16. The fourth-order valence-electron chi connectivity index (χ4n) is 1.31. The number of halogens is 1. The molecular weight excluding hydrogens is 256 g/mol. The highest BCUT2D eigenvalue weighted by molar-refractivity contribution is 9.09. The van der Waals surface area contributed by atoms with Gasteiger partial charge in [-0.3, -0.25) is 0 Å². The second-order valence-corrected chi connectivity index (χ2v) is 4.13. The molecule has 1 atom stereocenters. The van der Waals surface area contributed by atoms with Crippen molar-refractivity contribution in [3.63, 3.8) is 0 Å². The number of rotatable bonds is 6. The van der Waals surface area contributed by atoms with Crippen molar-refractivity contribution >= 4 is 15.9 Å². The number of benzene rings is 1. The van der Waals surface area contributed by atoms with Gasteiger partial charge in [-0.1, -0.05) is 28.1 Å². The average Bonchev–Trinajstić information content (AvgIpc) is 2.29. The van der Waals surface area contributed by atoms with Crippen molar-refractivity contribution in [3.8, 4) is 5.75 Å². The summed E-state index contributed by atoms with van der Waals surface area (Å²) in [6, 6.07) is 7.99. The molecule has 0 aliphatic rings. The summed E-state index contributed by atoms with van der Waals surface area (Å²) in [5.74, 6) is 0.878. The zero-order chi connectivity index (χ0) is 11.1. The largest absolute Gasteiger partial charge is 0.497 e. The van der Waals surface area contributed by atoms with Crippen LogP contribution in [0, 0.1) is 0 Å². The molecule has 0 saturated carbocycles. The minimum atomic E-state index is 0.124. The van der Waals surface area contributed by atoms with Crippen LogP contribution < -0.4 is 4.74 Å². The lowest BCUT2D eigenvalue weighted by Crippen LogP contribution is -2.02. The van der Waals surface area contributed by atoms with Gasteiger partial charge in [-0.25, -0.2) is 0 Å². The Morgan fingerprint density at radius 3 is 2.87 bits per heavy atom. The van der Waals surface area contributed by atoms with Gasteiger partial charge in [0.15, 0.2) is 0 Å². The van der Waals surface area contributed by atoms with Crippen LogP contribution in [-0.4, -0.2) is 19.0 Å². The second kappa shape index (κ2) is 6.85. The molecule has 0 aromatic heterocycles. The first-order valence-corrected chi connectivity index (χ1v) is 6.21. The molecule has 0 fully saturated rings. The van der Waals surface area contributed by atoms with E-state index in [1.54, 1.807) is 7.11 Å². The zero-order valence-corrected chi connectivity index (χ0v) is 10.8. The van der Waals surface area contributed by atoms with Crippen LogP contribution in [-0.2, 0) is 4.74 Å². The minimum Gasteiger partial charge on any atom is -0.497 e. The van der Waals surface area contributed by atoms with Gasteiger partial charge in [0.25, 0.3) is 0 Å².